The SMILES string of the molecule is CCCCC/C=C\CCCCCCCC(=O)OC(COC(=O)CCCCCCCCCCCC)COC(=O)CCCCCCCCCCC/C=C\CCCCCCCCCC. The lowest BCUT2D eigenvalue weighted by Crippen LogP contribution is -2.30. The van der Waals surface area contributed by atoms with Crippen molar-refractivity contribution < 1.29 is 28.6 Å². The fraction of sp³-hybridized carbons (Fsp3) is 0.873. The lowest BCUT2D eigenvalue weighted by molar-refractivity contribution is -0.167. The van der Waals surface area contributed by atoms with Crippen molar-refractivity contribution in [3.8, 4) is 0 Å². The maximum atomic E-state index is 12.8. The highest BCUT2D eigenvalue weighted by Gasteiger charge is 2.19. The molecule has 0 bridgehead atoms. The molecule has 6 nitrogen and oxygen atoms in total. The molecule has 0 aromatic rings. The molecule has 0 aliphatic rings. The van der Waals surface area contributed by atoms with Gasteiger partial charge in [0.15, 0.2) is 6.10 Å². The monoisotopic (exact) mass is 859 g/mol. The van der Waals surface area contributed by atoms with E-state index in [1.54, 1.807) is 0 Å². The van der Waals surface area contributed by atoms with Crippen LogP contribution in [0.1, 0.15) is 290 Å². The highest BCUT2D eigenvalue weighted by Crippen LogP contribution is 2.16. The molecule has 0 saturated heterocycles. The smallest absolute Gasteiger partial charge is 0.306 e. The summed E-state index contributed by atoms with van der Waals surface area (Å²) < 4.78 is 16.8. The lowest BCUT2D eigenvalue weighted by atomic mass is 10.1. The van der Waals surface area contributed by atoms with E-state index in [-0.39, 0.29) is 31.1 Å². The molecule has 0 amide bonds. The van der Waals surface area contributed by atoms with Gasteiger partial charge in [0.05, 0.1) is 0 Å². The molecule has 0 radical (unpaired) electrons. The van der Waals surface area contributed by atoms with E-state index in [9.17, 15) is 14.4 Å². The minimum absolute atomic E-state index is 0.0718. The van der Waals surface area contributed by atoms with E-state index in [4.69, 9.17) is 14.2 Å². The van der Waals surface area contributed by atoms with Crippen molar-refractivity contribution in [1.29, 1.82) is 0 Å². The molecule has 0 rings (SSSR count). The molecule has 61 heavy (non-hydrogen) atoms. The number of ether oxygens (including phenoxy) is 3. The molecule has 0 aromatic heterocycles. The van der Waals surface area contributed by atoms with Gasteiger partial charge in [-0.05, 0) is 70.6 Å². The Balaban J connectivity index is 4.23. The molecule has 0 saturated carbocycles. The number of hydrogen-bond donors (Lipinski definition) is 0. The maximum Gasteiger partial charge on any atom is 0.306 e. The normalized spacial score (nSPS) is 12.1. The van der Waals surface area contributed by atoms with E-state index in [1.807, 2.05) is 0 Å². The molecule has 6 heteroatoms. The summed E-state index contributed by atoms with van der Waals surface area (Å²) in [5, 5.41) is 0. The maximum absolute atomic E-state index is 12.8. The second-order valence-corrected chi connectivity index (χ2v) is 18.1. The second kappa shape index (κ2) is 50.5. The van der Waals surface area contributed by atoms with Crippen LogP contribution in [0.15, 0.2) is 24.3 Å². The second-order valence-electron chi connectivity index (χ2n) is 18.1. The van der Waals surface area contributed by atoms with Crippen LogP contribution in [-0.2, 0) is 28.6 Å². The van der Waals surface area contributed by atoms with Crippen LogP contribution in [0.4, 0.5) is 0 Å². The number of rotatable bonds is 49. The number of carbonyl (C=O) groups excluding carboxylic acids is 3. The van der Waals surface area contributed by atoms with E-state index in [2.05, 4.69) is 45.1 Å². The zero-order valence-corrected chi connectivity index (χ0v) is 40.9. The highest BCUT2D eigenvalue weighted by atomic mass is 16.6. The molecular weight excluding hydrogens is 757 g/mol. The van der Waals surface area contributed by atoms with Crippen molar-refractivity contribution in [2.24, 2.45) is 0 Å². The van der Waals surface area contributed by atoms with Crippen LogP contribution in [-0.4, -0.2) is 37.2 Å². The van der Waals surface area contributed by atoms with Gasteiger partial charge in [-0.25, -0.2) is 0 Å². The third-order valence-electron chi connectivity index (χ3n) is 11.9. The zero-order valence-electron chi connectivity index (χ0n) is 40.9. The molecule has 0 aromatic carbocycles. The summed E-state index contributed by atoms with van der Waals surface area (Å²) in [4.78, 5) is 37.9. The van der Waals surface area contributed by atoms with Gasteiger partial charge in [-0.2, -0.15) is 0 Å². The van der Waals surface area contributed by atoms with E-state index in [0.717, 1.165) is 64.2 Å². The topological polar surface area (TPSA) is 78.9 Å². The predicted octanol–water partition coefficient (Wildman–Crippen LogP) is 17.5. The van der Waals surface area contributed by atoms with Crippen LogP contribution in [0.2, 0.25) is 0 Å². The fourth-order valence-corrected chi connectivity index (χ4v) is 7.84. The molecule has 0 spiro atoms. The Morgan fingerprint density at radius 3 is 0.852 bits per heavy atom. The third kappa shape index (κ3) is 48.8. The molecule has 0 heterocycles. The molecule has 358 valence electrons. The van der Waals surface area contributed by atoms with Crippen molar-refractivity contribution >= 4 is 17.9 Å². The molecule has 0 aliphatic carbocycles. The number of unbranched alkanes of at least 4 members (excludes halogenated alkanes) is 34. The highest BCUT2D eigenvalue weighted by molar-refractivity contribution is 5.71. The summed E-state index contributed by atoms with van der Waals surface area (Å²) >= 11 is 0. The molecule has 0 N–H and O–H groups in total. The van der Waals surface area contributed by atoms with Crippen LogP contribution < -0.4 is 0 Å². The largest absolute Gasteiger partial charge is 0.462 e. The van der Waals surface area contributed by atoms with Crippen molar-refractivity contribution in [3.63, 3.8) is 0 Å². The van der Waals surface area contributed by atoms with Crippen LogP contribution in [0.5, 0.6) is 0 Å². The van der Waals surface area contributed by atoms with Gasteiger partial charge in [0.1, 0.15) is 13.2 Å². The number of hydrogen-bond acceptors (Lipinski definition) is 6. The summed E-state index contributed by atoms with van der Waals surface area (Å²) in [5.74, 6) is -0.872. The first-order valence-electron chi connectivity index (χ1n) is 26.8. The average molecular weight is 859 g/mol. The Morgan fingerprint density at radius 2 is 0.541 bits per heavy atom. The predicted molar refractivity (Wildman–Crippen MR) is 261 cm³/mol. The van der Waals surface area contributed by atoms with E-state index in [0.29, 0.717) is 19.3 Å². The number of carbonyl (C=O) groups is 3. The van der Waals surface area contributed by atoms with Crippen LogP contribution >= 0.6 is 0 Å². The minimum atomic E-state index is -0.770. The molecule has 0 fully saturated rings. The van der Waals surface area contributed by atoms with Crippen LogP contribution in [0.3, 0.4) is 0 Å². The Hall–Kier alpha value is -2.11. The third-order valence-corrected chi connectivity index (χ3v) is 11.9. The van der Waals surface area contributed by atoms with Gasteiger partial charge in [0, 0.05) is 19.3 Å². The Kier molecular flexibility index (Phi) is 48.8. The van der Waals surface area contributed by atoms with Gasteiger partial charge in [0.25, 0.3) is 0 Å². The average Bonchev–Trinajstić information content (AvgIpc) is 3.26. The van der Waals surface area contributed by atoms with Gasteiger partial charge in [-0.15, -0.1) is 0 Å². The molecular formula is C55H102O6. The Labute approximate surface area is 379 Å². The Bertz CT molecular complexity index is 989. The summed E-state index contributed by atoms with van der Waals surface area (Å²) in [6.45, 7) is 6.62. The first kappa shape index (κ1) is 58.9. The first-order valence-corrected chi connectivity index (χ1v) is 26.8. The van der Waals surface area contributed by atoms with E-state index < -0.39 is 6.10 Å². The van der Waals surface area contributed by atoms with Gasteiger partial charge in [0.2, 0.25) is 0 Å². The van der Waals surface area contributed by atoms with Crippen molar-refractivity contribution in [1.82, 2.24) is 0 Å². The Morgan fingerprint density at radius 1 is 0.311 bits per heavy atom. The number of allylic oxidation sites excluding steroid dienone is 4. The molecule has 1 atom stereocenters. The summed E-state index contributed by atoms with van der Waals surface area (Å²) in [6.07, 6.45) is 57.4. The lowest BCUT2D eigenvalue weighted by Gasteiger charge is -2.18. The van der Waals surface area contributed by atoms with Crippen LogP contribution in [0, 0.1) is 0 Å². The van der Waals surface area contributed by atoms with Crippen molar-refractivity contribution in [2.45, 2.75) is 297 Å². The molecule has 0 aliphatic heterocycles. The quantitative estimate of drug-likeness (QED) is 0.0262. The summed E-state index contributed by atoms with van der Waals surface area (Å²) in [5.41, 5.74) is 0. The summed E-state index contributed by atoms with van der Waals surface area (Å²) in [6, 6.07) is 0. The minimum Gasteiger partial charge on any atom is -0.462 e. The first-order chi connectivity index (χ1) is 30.0. The van der Waals surface area contributed by atoms with Gasteiger partial charge in [-0.3, -0.25) is 14.4 Å². The van der Waals surface area contributed by atoms with Crippen LogP contribution in [0.25, 0.3) is 0 Å². The standard InChI is InChI=1S/C55H102O6/c1-4-7-10-13-16-19-22-24-25-26-27-28-29-30-31-32-34-36-39-42-45-48-54(57)60-51-52(50-59-53(56)47-44-41-38-35-21-18-15-12-9-6-3)61-55(58)49-46-43-40-37-33-23-20-17-14-11-8-5-2/h17,20,26-27,52H,4-16,18-19,21-25,28-51H2,1-3H3/b20-17-,27-26-. The fourth-order valence-electron chi connectivity index (χ4n) is 7.84. The summed E-state index contributed by atoms with van der Waals surface area (Å²) in [7, 11) is 0. The number of esters is 3. The van der Waals surface area contributed by atoms with Gasteiger partial charge in [-0.1, -0.05) is 225 Å². The van der Waals surface area contributed by atoms with Gasteiger partial charge < -0.3 is 14.2 Å². The van der Waals surface area contributed by atoms with Crippen molar-refractivity contribution in [2.75, 3.05) is 13.2 Å². The van der Waals surface area contributed by atoms with Gasteiger partial charge >= 0.3 is 17.9 Å². The van der Waals surface area contributed by atoms with E-state index >= 15 is 0 Å². The molecule has 1 unspecified atom stereocenters. The van der Waals surface area contributed by atoms with Crippen molar-refractivity contribution in [3.05, 3.63) is 24.3 Å². The zero-order chi connectivity index (χ0) is 44.4. The van der Waals surface area contributed by atoms with E-state index in [1.165, 1.54) is 186 Å².